The molecule has 15 rings (SSSR count). The van der Waals surface area contributed by atoms with Gasteiger partial charge in [-0.1, -0.05) is 108 Å². The number of carbonyl (C=O) groups is 8. The second-order valence-corrected chi connectivity index (χ2v) is 36.5. The van der Waals surface area contributed by atoms with Crippen molar-refractivity contribution < 1.29 is 122 Å². The summed E-state index contributed by atoms with van der Waals surface area (Å²) in [5.41, 5.74) is 11.4. The number of ether oxygens (including phenoxy) is 8. The van der Waals surface area contributed by atoms with Crippen LogP contribution < -0.4 is 68.2 Å². The van der Waals surface area contributed by atoms with Gasteiger partial charge in [-0.2, -0.15) is 0 Å². The zero-order chi connectivity index (χ0) is 92.4. The number of primary amides is 1. The van der Waals surface area contributed by atoms with E-state index in [1.807, 2.05) is 59.0 Å². The average molecular weight is 1960 g/mol. The highest BCUT2D eigenvalue weighted by Gasteiger charge is 2.53. The number of thioether (sulfide) groups is 1. The number of aliphatic hydroxyl groups excluding tert-OH is 7. The van der Waals surface area contributed by atoms with Gasteiger partial charge in [-0.25, -0.2) is 0 Å². The zero-order valence-electron chi connectivity index (χ0n) is 70.0. The number of hydrogen-bond donors (Lipinski definition) is 19. The molecule has 8 aliphatic heterocycles. The minimum atomic E-state index is -2.35. The van der Waals surface area contributed by atoms with Gasteiger partial charge in [0.2, 0.25) is 58.5 Å². The highest BCUT2D eigenvalue weighted by Crippen LogP contribution is 2.51. The molecular formula is C88H100Cl3IN10O25S. The monoisotopic (exact) mass is 1960 g/mol. The van der Waals surface area contributed by atoms with E-state index in [1.54, 1.807) is 32.9 Å². The molecule has 11 bridgehead atoms. The summed E-state index contributed by atoms with van der Waals surface area (Å²) in [5.74, 6) is -12.4. The number of aliphatic hydroxyl groups is 7. The lowest BCUT2D eigenvalue weighted by atomic mass is 9.84. The Morgan fingerprint density at radius 2 is 1.28 bits per heavy atom. The lowest BCUT2D eigenvalue weighted by Gasteiger charge is -2.48. The van der Waals surface area contributed by atoms with Crippen LogP contribution in [0.2, 0.25) is 15.1 Å². The van der Waals surface area contributed by atoms with Crippen LogP contribution in [0.25, 0.3) is 22.3 Å². The third kappa shape index (κ3) is 21.5. The van der Waals surface area contributed by atoms with Gasteiger partial charge in [0.1, 0.15) is 89.8 Å². The third-order valence-electron chi connectivity index (χ3n) is 23.2. The average Bonchev–Trinajstić information content (AvgIpc) is 0.761. The molecule has 1 unspecified atom stereocenters. The quantitative estimate of drug-likeness (QED) is 0.0383. The molecule has 8 heterocycles. The van der Waals surface area contributed by atoms with Crippen molar-refractivity contribution in [3.05, 3.63) is 179 Å². The van der Waals surface area contributed by atoms with Crippen molar-refractivity contribution in [3.63, 3.8) is 0 Å². The van der Waals surface area contributed by atoms with Crippen LogP contribution in [0, 0.1) is 3.57 Å². The van der Waals surface area contributed by atoms with Crippen molar-refractivity contribution in [2.45, 2.75) is 220 Å². The Balaban J connectivity index is 1.02. The van der Waals surface area contributed by atoms with Gasteiger partial charge in [0, 0.05) is 56.4 Å². The molecule has 128 heavy (non-hydrogen) atoms. The first kappa shape index (κ1) is 96.4. The molecule has 3 saturated heterocycles. The van der Waals surface area contributed by atoms with Crippen LogP contribution in [0.4, 0.5) is 0 Å². The van der Waals surface area contributed by atoms with E-state index in [0.717, 1.165) is 58.8 Å². The van der Waals surface area contributed by atoms with E-state index in [0.29, 0.717) is 15.0 Å². The zero-order valence-corrected chi connectivity index (χ0v) is 75.3. The van der Waals surface area contributed by atoms with E-state index in [9.17, 15) is 60.3 Å². The van der Waals surface area contributed by atoms with E-state index in [2.05, 4.69) is 42.5 Å². The Hall–Kier alpha value is -9.15. The lowest BCUT2D eigenvalue weighted by Crippen LogP contribution is -2.65. The van der Waals surface area contributed by atoms with Crippen LogP contribution in [0.1, 0.15) is 137 Å². The molecule has 7 amide bonds. The Bertz CT molecular complexity index is 5330. The third-order valence-corrected chi connectivity index (χ3v) is 26.1. The van der Waals surface area contributed by atoms with Gasteiger partial charge in [0.05, 0.1) is 59.6 Å². The maximum atomic E-state index is 16.7. The van der Waals surface area contributed by atoms with Gasteiger partial charge in [0.25, 0.3) is 0 Å². The number of rotatable bonds is 21. The number of amides is 7. The first-order valence-electron chi connectivity index (χ1n) is 41.2. The molecule has 40 heteroatoms. The standard InChI is InChI=1S/C88H100Cl3IN10O25S/c1-8-23-128-85(119)68-50-30-48(105)31-56(106)65(50)49-25-43(15-20-53(49)92)66-81(115)102-70(84(118)100-68)74(125-63-33-87(5,94)77(111)38(3)120-63)45-17-22-58(52(91)27-45)123-60-29-46-28-59(122-57-21-16-44(26-51(57)90)71(108)69(101-79(113)54(95-7)24-37(2)104)83(117)97-55(32-62(93)107)80(114)98-67(46)82(116)99-66)75(60)127-86-76(73(110)72(109)61(36-103)124-86)126-64-34-88(6,78(112)39(4)121-64)96-35-40-9-11-41(12-10-40)42-13-18-47(89)19-14-42/h9-22,25-31,37-39,54-55,61,63-64,66-74,76-78,86,95-96,103-106,108-112H,8,23-24,32-36,94H2,1-7H3,(H2,93,107)(H,97,117)(H,98,114)(H,99,116)(H,100,118)(H,101,113)(H,102,115)/t37?,38-,39-,54+,55-,61+,63-,64-,66+,67+,68+,69+,70-,71+,72+,73-,74+,76+,77-,78-,86-,87-,88-/m0/s1. The number of nitrogens with two attached hydrogens (primary N) is 2. The molecule has 8 aliphatic rings. The van der Waals surface area contributed by atoms with Gasteiger partial charge in [-0.15, -0.1) is 0 Å². The molecule has 7 aromatic carbocycles. The van der Waals surface area contributed by atoms with E-state index in [4.69, 9.17) is 84.2 Å². The highest BCUT2D eigenvalue weighted by atomic mass is 127. The Morgan fingerprint density at radius 1 is 0.680 bits per heavy atom. The summed E-state index contributed by atoms with van der Waals surface area (Å²) in [6.07, 6.45) is -23.7. The number of benzene rings is 7. The summed E-state index contributed by atoms with van der Waals surface area (Å²) in [5, 5.41) is 126. The molecule has 3 fully saturated rings. The van der Waals surface area contributed by atoms with Crippen molar-refractivity contribution in [2.75, 3.05) is 19.4 Å². The fourth-order valence-corrected chi connectivity index (χ4v) is 18.2. The minimum absolute atomic E-state index is 0.0558. The molecule has 0 spiro atoms. The summed E-state index contributed by atoms with van der Waals surface area (Å²) in [6.45, 7) is 8.75. The number of hydrogen-bond acceptors (Lipinski definition) is 29. The second kappa shape index (κ2) is 40.7. The van der Waals surface area contributed by atoms with Gasteiger partial charge < -0.3 is 138 Å². The highest BCUT2D eigenvalue weighted by molar-refractivity contribution is 14.1. The number of carbonyl (C=O) groups excluding carboxylic acids is 8. The molecule has 0 aliphatic carbocycles. The molecular weight excluding hydrogens is 1860 g/mol. The van der Waals surface area contributed by atoms with Crippen molar-refractivity contribution in [1.82, 2.24) is 42.5 Å². The molecule has 0 radical (unpaired) electrons. The van der Waals surface area contributed by atoms with Gasteiger partial charge in [-0.3, -0.25) is 38.4 Å². The largest absolute Gasteiger partial charge is 0.508 e. The van der Waals surface area contributed by atoms with E-state index in [1.165, 1.54) is 76.3 Å². The van der Waals surface area contributed by atoms with E-state index in [-0.39, 0.29) is 86.5 Å². The Kier molecular flexibility index (Phi) is 30.7. The lowest BCUT2D eigenvalue weighted by molar-refractivity contribution is -0.334. The molecule has 0 saturated carbocycles. The van der Waals surface area contributed by atoms with Crippen LogP contribution in [-0.2, 0) is 68.6 Å². The number of nitrogens with one attached hydrogen (secondary N) is 8. The number of likely N-dealkylation sites (N-methyl/N-ethyl adjacent to an activating group) is 1. The van der Waals surface area contributed by atoms with Gasteiger partial charge in [0.15, 0.2) is 30.2 Å². The van der Waals surface area contributed by atoms with Crippen molar-refractivity contribution in [2.24, 2.45) is 11.5 Å². The summed E-state index contributed by atoms with van der Waals surface area (Å²) >= 11 is 23.7. The summed E-state index contributed by atoms with van der Waals surface area (Å²) < 4.78 is 53.7. The molecule has 7 aromatic rings. The number of phenols is 2. The fraction of sp³-hybridized carbons (Fsp3) is 0.432. The predicted octanol–water partition coefficient (Wildman–Crippen LogP) is 5.70. The summed E-state index contributed by atoms with van der Waals surface area (Å²) in [6, 6.07) is 17.0. The maximum absolute atomic E-state index is 16.7. The predicted molar refractivity (Wildman–Crippen MR) is 473 cm³/mol. The first-order valence-corrected chi connectivity index (χ1v) is 44.4. The smallest absolute Gasteiger partial charge is 0.248 e. The normalized spacial score (nSPS) is 29.6. The van der Waals surface area contributed by atoms with E-state index >= 15 is 24.0 Å². The van der Waals surface area contributed by atoms with Gasteiger partial charge in [-0.05, 0) is 194 Å². The number of halogens is 4. The van der Waals surface area contributed by atoms with Crippen molar-refractivity contribution in [3.8, 4) is 62.5 Å². The van der Waals surface area contributed by atoms with Gasteiger partial charge >= 0.3 is 0 Å². The van der Waals surface area contributed by atoms with E-state index < -0.39 is 233 Å². The minimum Gasteiger partial charge on any atom is -0.508 e. The summed E-state index contributed by atoms with van der Waals surface area (Å²) in [7, 11) is 1.38. The topological polar surface area (TPSA) is 541 Å². The Labute approximate surface area is 767 Å². The maximum Gasteiger partial charge on any atom is 0.248 e. The van der Waals surface area contributed by atoms with Crippen molar-refractivity contribution >= 4 is 116 Å². The molecule has 23 atom stereocenters. The van der Waals surface area contributed by atoms with Crippen LogP contribution >= 0.6 is 69.2 Å². The second-order valence-electron chi connectivity index (χ2n) is 33.0. The number of aromatic hydroxyl groups is 2. The van der Waals surface area contributed by atoms with Crippen LogP contribution in [-0.4, -0.2) is 221 Å². The van der Waals surface area contributed by atoms with Crippen LogP contribution in [0.3, 0.4) is 0 Å². The van der Waals surface area contributed by atoms with Crippen LogP contribution in [0.15, 0.2) is 127 Å². The first-order chi connectivity index (χ1) is 60.7. The molecule has 35 nitrogen and oxygen atoms in total. The SMILES string of the molecule is CCCSC(=O)[C@@H]1NC(=O)[C@H]2NC(=O)[C@H](NC(=O)[C@@H]3NC(=O)[C@H](CC(N)=O)NC(=O)[C@H](NC(=O)[C@@H](CC(C)O)NC)[C@H](O)c4ccc(c(Cl)c4)Oc4cc3cc(c4O[C@@H]3O[C@H](CO)[C@@H](O)[C@H](O)[C@H]3O[C@H]3C[C@](C)(NCc4ccc(-c5ccc(Cl)cc5)cc4)[C@@H](O)[C@H](C)O3)Oc3ccc(cc3Cl)[C@H]2O[C@H]2C[C@](C)(N)[C@@H](O)[C@H](C)O2)c2ccc(I)c(c2)-c2c(O)cc(O)cc21. The Morgan fingerprint density at radius 3 is 1.90 bits per heavy atom. The van der Waals surface area contributed by atoms with Crippen molar-refractivity contribution in [1.29, 1.82) is 0 Å². The summed E-state index contributed by atoms with van der Waals surface area (Å²) in [4.78, 5) is 123. The molecule has 0 aromatic heterocycles. The number of phenolic OH excluding ortho intramolecular Hbond substituents is 2. The fourth-order valence-electron chi connectivity index (χ4n) is 16.3. The number of fused-ring (bicyclic) bond motifs is 15. The van der Waals surface area contributed by atoms with Crippen LogP contribution in [0.5, 0.6) is 40.2 Å². The molecule has 686 valence electrons. The molecule has 21 N–H and O–H groups in total.